The second kappa shape index (κ2) is 9.19. The Bertz CT molecular complexity index is 1130. The number of aromatic nitrogens is 2. The number of nitrogens with zero attached hydrogens (tertiary/aromatic N) is 3. The van der Waals surface area contributed by atoms with Crippen LogP contribution in [0.2, 0.25) is 0 Å². The minimum atomic E-state index is -0.981. The molecule has 0 bridgehead atoms. The number of benzene rings is 1. The topological polar surface area (TPSA) is 96.7 Å². The van der Waals surface area contributed by atoms with Crippen LogP contribution in [-0.2, 0) is 9.53 Å². The monoisotopic (exact) mass is 450 g/mol. The smallest absolute Gasteiger partial charge is 0.335 e. The largest absolute Gasteiger partial charge is 0.478 e. The standard InChI is InChI=1S/C23H22N4O4S/c1-2-31-19(28)14-27-21(20(25-23(27)32)17-6-3-4-12-24-17)18-7-5-13-26(18)16-10-8-15(9-11-16)22(29)30/h3-13,20-21H,2,14H2,1H3,(H,25,32)(H,29,30)/t20-,21-/m0/s1. The van der Waals surface area contributed by atoms with Gasteiger partial charge in [0.2, 0.25) is 0 Å². The minimum absolute atomic E-state index is 0.00317. The summed E-state index contributed by atoms with van der Waals surface area (Å²) in [5.74, 6) is -1.35. The third kappa shape index (κ3) is 4.19. The highest BCUT2D eigenvalue weighted by Crippen LogP contribution is 2.39. The van der Waals surface area contributed by atoms with E-state index in [-0.39, 0.29) is 36.8 Å². The Hall–Kier alpha value is -3.72. The predicted molar refractivity (Wildman–Crippen MR) is 122 cm³/mol. The predicted octanol–water partition coefficient (Wildman–Crippen LogP) is 3.11. The number of thiocarbonyl (C=S) groups is 1. The number of carboxylic acid groups (broad SMARTS) is 1. The molecule has 9 heteroatoms. The maximum absolute atomic E-state index is 12.3. The molecule has 0 saturated carbocycles. The number of rotatable bonds is 7. The average molecular weight is 451 g/mol. The molecule has 2 atom stereocenters. The first-order valence-electron chi connectivity index (χ1n) is 10.1. The molecule has 3 heterocycles. The zero-order chi connectivity index (χ0) is 22.7. The second-order valence-electron chi connectivity index (χ2n) is 7.21. The van der Waals surface area contributed by atoms with Crippen molar-refractivity contribution in [3.05, 3.63) is 83.9 Å². The van der Waals surface area contributed by atoms with Gasteiger partial charge in [0.15, 0.2) is 5.11 Å². The fraction of sp³-hybridized carbons (Fsp3) is 0.217. The van der Waals surface area contributed by atoms with Crippen LogP contribution < -0.4 is 5.32 Å². The summed E-state index contributed by atoms with van der Waals surface area (Å²) in [7, 11) is 0. The molecule has 2 aromatic heterocycles. The quantitative estimate of drug-likeness (QED) is 0.419. The first kappa shape index (κ1) is 21.5. The van der Waals surface area contributed by atoms with Crippen molar-refractivity contribution >= 4 is 29.3 Å². The fourth-order valence-corrected chi connectivity index (χ4v) is 4.18. The maximum Gasteiger partial charge on any atom is 0.335 e. The molecule has 1 aliphatic rings. The van der Waals surface area contributed by atoms with Crippen molar-refractivity contribution in [1.29, 1.82) is 0 Å². The molecule has 0 radical (unpaired) electrons. The van der Waals surface area contributed by atoms with E-state index in [0.717, 1.165) is 17.1 Å². The number of carboxylic acids is 1. The Morgan fingerprint density at radius 2 is 1.94 bits per heavy atom. The molecule has 164 valence electrons. The van der Waals surface area contributed by atoms with Crippen LogP contribution in [0.1, 0.15) is 40.8 Å². The van der Waals surface area contributed by atoms with Crippen LogP contribution in [-0.4, -0.2) is 49.8 Å². The number of esters is 1. The van der Waals surface area contributed by atoms with Crippen molar-refractivity contribution in [2.45, 2.75) is 19.0 Å². The van der Waals surface area contributed by atoms with Crippen LogP contribution in [0, 0.1) is 0 Å². The molecule has 2 N–H and O–H groups in total. The van der Waals surface area contributed by atoms with Crippen LogP contribution in [0.15, 0.2) is 67.0 Å². The lowest BCUT2D eigenvalue weighted by molar-refractivity contribution is -0.143. The minimum Gasteiger partial charge on any atom is -0.478 e. The molecular formula is C23H22N4O4S. The van der Waals surface area contributed by atoms with Crippen LogP contribution >= 0.6 is 12.2 Å². The second-order valence-corrected chi connectivity index (χ2v) is 7.60. The Balaban J connectivity index is 1.76. The van der Waals surface area contributed by atoms with E-state index in [1.165, 1.54) is 0 Å². The molecule has 0 amide bonds. The van der Waals surface area contributed by atoms with Gasteiger partial charge in [-0.15, -0.1) is 0 Å². The van der Waals surface area contributed by atoms with E-state index in [2.05, 4.69) is 10.3 Å². The Morgan fingerprint density at radius 3 is 2.59 bits per heavy atom. The lowest BCUT2D eigenvalue weighted by Gasteiger charge is -2.28. The van der Waals surface area contributed by atoms with Crippen molar-refractivity contribution in [3.63, 3.8) is 0 Å². The summed E-state index contributed by atoms with van der Waals surface area (Å²) in [4.78, 5) is 29.9. The molecule has 4 rings (SSSR count). The van der Waals surface area contributed by atoms with Gasteiger partial charge in [0.1, 0.15) is 6.54 Å². The van der Waals surface area contributed by atoms with Crippen molar-refractivity contribution in [1.82, 2.24) is 19.8 Å². The number of carbonyl (C=O) groups excluding carboxylic acids is 1. The van der Waals surface area contributed by atoms with E-state index in [1.54, 1.807) is 37.4 Å². The highest BCUT2D eigenvalue weighted by Gasteiger charge is 2.42. The molecule has 1 saturated heterocycles. The summed E-state index contributed by atoms with van der Waals surface area (Å²) in [6, 6.07) is 15.5. The van der Waals surface area contributed by atoms with E-state index < -0.39 is 5.97 Å². The van der Waals surface area contributed by atoms with E-state index in [4.69, 9.17) is 17.0 Å². The Labute approximate surface area is 190 Å². The number of ether oxygens (including phenoxy) is 1. The van der Waals surface area contributed by atoms with Gasteiger partial charge in [-0.3, -0.25) is 9.78 Å². The van der Waals surface area contributed by atoms with Crippen LogP contribution in [0.5, 0.6) is 0 Å². The normalized spacial score (nSPS) is 17.8. The van der Waals surface area contributed by atoms with Gasteiger partial charge in [-0.05, 0) is 67.7 Å². The fourth-order valence-electron chi connectivity index (χ4n) is 3.88. The number of hydrogen-bond acceptors (Lipinski definition) is 5. The zero-order valence-corrected chi connectivity index (χ0v) is 18.2. The molecule has 1 fully saturated rings. The summed E-state index contributed by atoms with van der Waals surface area (Å²) in [6.45, 7) is 2.04. The summed E-state index contributed by atoms with van der Waals surface area (Å²) >= 11 is 5.58. The Kier molecular flexibility index (Phi) is 6.18. The van der Waals surface area contributed by atoms with Gasteiger partial charge in [-0.2, -0.15) is 0 Å². The lowest BCUT2D eigenvalue weighted by atomic mass is 10.0. The summed E-state index contributed by atoms with van der Waals surface area (Å²) in [5.41, 5.74) is 2.67. The van der Waals surface area contributed by atoms with Crippen molar-refractivity contribution in [2.24, 2.45) is 0 Å². The van der Waals surface area contributed by atoms with Crippen molar-refractivity contribution in [3.8, 4) is 5.69 Å². The number of pyridine rings is 1. The molecule has 0 unspecified atom stereocenters. The number of carbonyl (C=O) groups is 2. The zero-order valence-electron chi connectivity index (χ0n) is 17.3. The third-order valence-electron chi connectivity index (χ3n) is 5.28. The molecule has 3 aromatic rings. The van der Waals surface area contributed by atoms with Gasteiger partial charge in [-0.25, -0.2) is 4.79 Å². The SMILES string of the molecule is CCOC(=O)CN1C(=S)N[C@@H](c2ccccn2)[C@@H]1c1cccn1-c1ccc(C(=O)O)cc1. The molecule has 1 aliphatic heterocycles. The summed E-state index contributed by atoms with van der Waals surface area (Å²) < 4.78 is 7.12. The van der Waals surface area contributed by atoms with Gasteiger partial charge in [-0.1, -0.05) is 6.07 Å². The number of hydrogen-bond donors (Lipinski definition) is 2. The van der Waals surface area contributed by atoms with Gasteiger partial charge >= 0.3 is 11.9 Å². The van der Waals surface area contributed by atoms with Gasteiger partial charge in [0.05, 0.1) is 29.9 Å². The molecule has 0 aliphatic carbocycles. The molecule has 0 spiro atoms. The van der Waals surface area contributed by atoms with E-state index in [9.17, 15) is 14.7 Å². The van der Waals surface area contributed by atoms with E-state index >= 15 is 0 Å². The summed E-state index contributed by atoms with van der Waals surface area (Å²) in [6.07, 6.45) is 3.61. The van der Waals surface area contributed by atoms with Crippen LogP contribution in [0.25, 0.3) is 5.69 Å². The van der Waals surface area contributed by atoms with Crippen molar-refractivity contribution < 1.29 is 19.4 Å². The maximum atomic E-state index is 12.3. The Morgan fingerprint density at radius 1 is 1.16 bits per heavy atom. The molecule has 8 nitrogen and oxygen atoms in total. The van der Waals surface area contributed by atoms with Crippen molar-refractivity contribution in [2.75, 3.05) is 13.2 Å². The molecule has 1 aromatic carbocycles. The number of aromatic carboxylic acids is 1. The average Bonchev–Trinajstić information content (AvgIpc) is 3.39. The van der Waals surface area contributed by atoms with Gasteiger partial charge < -0.3 is 24.6 Å². The highest BCUT2D eigenvalue weighted by molar-refractivity contribution is 7.80. The molecular weight excluding hydrogens is 428 g/mol. The van der Waals surface area contributed by atoms with Crippen LogP contribution in [0.4, 0.5) is 0 Å². The van der Waals surface area contributed by atoms with E-state index in [0.29, 0.717) is 5.11 Å². The van der Waals surface area contributed by atoms with Gasteiger partial charge in [0.25, 0.3) is 0 Å². The van der Waals surface area contributed by atoms with E-state index in [1.807, 2.05) is 46.0 Å². The number of nitrogens with one attached hydrogen (secondary N) is 1. The van der Waals surface area contributed by atoms with Crippen LogP contribution in [0.3, 0.4) is 0 Å². The first-order valence-corrected chi connectivity index (χ1v) is 10.5. The summed E-state index contributed by atoms with van der Waals surface area (Å²) in [5, 5.41) is 12.9. The first-order chi connectivity index (χ1) is 15.5. The lowest BCUT2D eigenvalue weighted by Crippen LogP contribution is -2.36. The molecule has 32 heavy (non-hydrogen) atoms. The van der Waals surface area contributed by atoms with Gasteiger partial charge in [0, 0.05) is 23.8 Å². The highest BCUT2D eigenvalue weighted by atomic mass is 32.1. The third-order valence-corrected chi connectivity index (χ3v) is 5.63.